The van der Waals surface area contributed by atoms with E-state index in [1.807, 2.05) is 6.92 Å². The van der Waals surface area contributed by atoms with Crippen molar-refractivity contribution in [1.29, 1.82) is 0 Å². The molecule has 9 nitrogen and oxygen atoms in total. The molecule has 1 aromatic carbocycles. The topological polar surface area (TPSA) is 116 Å². The van der Waals surface area contributed by atoms with Crippen LogP contribution in [0, 0.1) is 6.92 Å². The van der Waals surface area contributed by atoms with E-state index in [4.69, 9.17) is 13.7 Å². The Morgan fingerprint density at radius 3 is 2.77 bits per heavy atom. The van der Waals surface area contributed by atoms with Gasteiger partial charge in [0.2, 0.25) is 21.7 Å². The van der Waals surface area contributed by atoms with Gasteiger partial charge < -0.3 is 13.7 Å². The van der Waals surface area contributed by atoms with Crippen molar-refractivity contribution < 1.29 is 26.9 Å². The number of carbonyl (C=O) groups is 1. The highest BCUT2D eigenvalue weighted by atomic mass is 32.2. The van der Waals surface area contributed by atoms with Crippen molar-refractivity contribution in [2.24, 2.45) is 0 Å². The molecule has 0 spiro atoms. The van der Waals surface area contributed by atoms with Gasteiger partial charge >= 0.3 is 5.97 Å². The standard InChI is InChI=1S/C20H21N3O6S/c1-13-9-10-16(28-13)18-21-19(29-22-18)14-6-5-11-23(12-14)30(25,26)17-8-4-3-7-15(17)20(24)27-2/h3-4,7-10,14H,5-6,11-12H2,1-2H3/t14-/m1/s1. The highest BCUT2D eigenvalue weighted by Gasteiger charge is 2.35. The molecule has 0 N–H and O–H groups in total. The highest BCUT2D eigenvalue weighted by molar-refractivity contribution is 7.89. The van der Waals surface area contributed by atoms with Crippen molar-refractivity contribution in [2.75, 3.05) is 20.2 Å². The number of rotatable bonds is 5. The average Bonchev–Trinajstić information content (AvgIpc) is 3.42. The molecule has 0 unspecified atom stereocenters. The highest BCUT2D eigenvalue weighted by Crippen LogP contribution is 2.31. The van der Waals surface area contributed by atoms with Crippen molar-refractivity contribution in [3.05, 3.63) is 53.6 Å². The molecular weight excluding hydrogens is 410 g/mol. The minimum atomic E-state index is -3.91. The zero-order valence-electron chi connectivity index (χ0n) is 16.6. The summed E-state index contributed by atoms with van der Waals surface area (Å²) in [5.74, 6) is 0.966. The van der Waals surface area contributed by atoms with Crippen molar-refractivity contribution in [3.63, 3.8) is 0 Å². The lowest BCUT2D eigenvalue weighted by Crippen LogP contribution is -2.39. The minimum absolute atomic E-state index is 0.00962. The first kappa shape index (κ1) is 20.3. The normalized spacial score (nSPS) is 17.7. The third kappa shape index (κ3) is 3.75. The van der Waals surface area contributed by atoms with Crippen LogP contribution >= 0.6 is 0 Å². The molecule has 30 heavy (non-hydrogen) atoms. The predicted molar refractivity (Wildman–Crippen MR) is 105 cm³/mol. The Balaban J connectivity index is 1.59. The lowest BCUT2D eigenvalue weighted by Gasteiger charge is -2.30. The minimum Gasteiger partial charge on any atom is -0.465 e. The Kier molecular flexibility index (Phi) is 5.44. The summed E-state index contributed by atoms with van der Waals surface area (Å²) >= 11 is 0. The van der Waals surface area contributed by atoms with Gasteiger partial charge in [0.1, 0.15) is 5.76 Å². The zero-order chi connectivity index (χ0) is 21.3. The van der Waals surface area contributed by atoms with Gasteiger partial charge in [-0.25, -0.2) is 13.2 Å². The third-order valence-electron chi connectivity index (χ3n) is 5.05. The first-order chi connectivity index (χ1) is 14.4. The number of furan rings is 1. The van der Waals surface area contributed by atoms with Gasteiger partial charge in [-0.1, -0.05) is 17.3 Å². The maximum Gasteiger partial charge on any atom is 0.339 e. The molecule has 158 valence electrons. The maximum atomic E-state index is 13.3. The number of nitrogens with zero attached hydrogens (tertiary/aromatic N) is 3. The fourth-order valence-electron chi connectivity index (χ4n) is 3.53. The molecule has 0 saturated carbocycles. The van der Waals surface area contributed by atoms with Crippen molar-refractivity contribution >= 4 is 16.0 Å². The van der Waals surface area contributed by atoms with Crippen LogP contribution in [-0.2, 0) is 14.8 Å². The van der Waals surface area contributed by atoms with Crippen LogP contribution in [0.25, 0.3) is 11.6 Å². The van der Waals surface area contributed by atoms with Crippen LogP contribution in [0.3, 0.4) is 0 Å². The Morgan fingerprint density at radius 2 is 2.03 bits per heavy atom. The number of ether oxygens (including phenoxy) is 1. The molecule has 4 rings (SSSR count). The maximum absolute atomic E-state index is 13.3. The predicted octanol–water partition coefficient (Wildman–Crippen LogP) is 2.99. The van der Waals surface area contributed by atoms with Gasteiger partial charge in [0.15, 0.2) is 5.76 Å². The Hall–Kier alpha value is -2.98. The lowest BCUT2D eigenvalue weighted by atomic mass is 10.00. The average molecular weight is 431 g/mol. The SMILES string of the molecule is COC(=O)c1ccccc1S(=O)(=O)N1CCC[C@@H](c2nc(-c3ccc(C)o3)no2)C1. The number of aromatic nitrogens is 2. The lowest BCUT2D eigenvalue weighted by molar-refractivity contribution is 0.0596. The summed E-state index contributed by atoms with van der Waals surface area (Å²) in [7, 11) is -2.69. The number of hydrogen-bond acceptors (Lipinski definition) is 8. The van der Waals surface area contributed by atoms with Crippen LogP contribution in [0.1, 0.15) is 40.8 Å². The number of methoxy groups -OCH3 is 1. The first-order valence-electron chi connectivity index (χ1n) is 9.48. The summed E-state index contributed by atoms with van der Waals surface area (Å²) in [6.45, 7) is 2.34. The van der Waals surface area contributed by atoms with Gasteiger partial charge in [0.05, 0.1) is 23.5 Å². The van der Waals surface area contributed by atoms with E-state index in [0.717, 1.165) is 5.76 Å². The first-order valence-corrected chi connectivity index (χ1v) is 10.9. The van der Waals surface area contributed by atoms with E-state index in [1.54, 1.807) is 24.3 Å². The van der Waals surface area contributed by atoms with E-state index >= 15 is 0 Å². The molecule has 0 bridgehead atoms. The van der Waals surface area contributed by atoms with E-state index in [2.05, 4.69) is 10.1 Å². The molecule has 10 heteroatoms. The molecule has 1 aliphatic heterocycles. The molecule has 0 amide bonds. The van der Waals surface area contributed by atoms with E-state index < -0.39 is 16.0 Å². The smallest absolute Gasteiger partial charge is 0.339 e. The Bertz CT molecular complexity index is 1170. The van der Waals surface area contributed by atoms with Crippen LogP contribution in [-0.4, -0.2) is 49.0 Å². The Morgan fingerprint density at radius 1 is 1.23 bits per heavy atom. The van der Waals surface area contributed by atoms with Gasteiger partial charge in [0, 0.05) is 13.1 Å². The van der Waals surface area contributed by atoms with Gasteiger partial charge in [-0.15, -0.1) is 0 Å². The summed E-state index contributed by atoms with van der Waals surface area (Å²) in [6.07, 6.45) is 1.34. The van der Waals surface area contributed by atoms with Gasteiger partial charge in [-0.05, 0) is 44.0 Å². The second kappa shape index (κ2) is 8.04. The third-order valence-corrected chi connectivity index (χ3v) is 6.97. The molecule has 1 aliphatic rings. The summed E-state index contributed by atoms with van der Waals surface area (Å²) < 4.78 is 43.5. The molecule has 3 heterocycles. The number of carbonyl (C=O) groups excluding carboxylic acids is 1. The summed E-state index contributed by atoms with van der Waals surface area (Å²) in [5.41, 5.74) is 0.00962. The molecule has 0 aliphatic carbocycles. The molecule has 1 saturated heterocycles. The van der Waals surface area contributed by atoms with Crippen molar-refractivity contribution in [2.45, 2.75) is 30.6 Å². The molecule has 3 aromatic rings. The number of aryl methyl sites for hydroxylation is 1. The number of piperidine rings is 1. The fourth-order valence-corrected chi connectivity index (χ4v) is 5.23. The molecule has 1 atom stereocenters. The van der Waals surface area contributed by atoms with Gasteiger partial charge in [0.25, 0.3) is 0 Å². The van der Waals surface area contributed by atoms with Gasteiger partial charge in [-0.3, -0.25) is 0 Å². The quantitative estimate of drug-likeness (QED) is 0.566. The van der Waals surface area contributed by atoms with Crippen LogP contribution in [0.2, 0.25) is 0 Å². The van der Waals surface area contributed by atoms with Gasteiger partial charge in [-0.2, -0.15) is 9.29 Å². The van der Waals surface area contributed by atoms with Crippen LogP contribution in [0.5, 0.6) is 0 Å². The molecule has 1 fully saturated rings. The molecule has 2 aromatic heterocycles. The zero-order valence-corrected chi connectivity index (χ0v) is 17.4. The number of sulfonamides is 1. The number of hydrogen-bond donors (Lipinski definition) is 0. The van der Waals surface area contributed by atoms with E-state index in [0.29, 0.717) is 36.9 Å². The fraction of sp³-hybridized carbons (Fsp3) is 0.350. The summed E-state index contributed by atoms with van der Waals surface area (Å²) in [6, 6.07) is 9.59. The van der Waals surface area contributed by atoms with E-state index in [1.165, 1.54) is 23.5 Å². The summed E-state index contributed by atoms with van der Waals surface area (Å²) in [5, 5.41) is 3.96. The molecular formula is C20H21N3O6S. The van der Waals surface area contributed by atoms with E-state index in [-0.39, 0.29) is 22.9 Å². The summed E-state index contributed by atoms with van der Waals surface area (Å²) in [4.78, 5) is 16.4. The molecule has 0 radical (unpaired) electrons. The largest absolute Gasteiger partial charge is 0.465 e. The van der Waals surface area contributed by atoms with Crippen LogP contribution in [0.4, 0.5) is 0 Å². The van der Waals surface area contributed by atoms with E-state index in [9.17, 15) is 13.2 Å². The Labute approximate surface area is 173 Å². The van der Waals surface area contributed by atoms with Crippen LogP contribution in [0.15, 0.2) is 50.2 Å². The van der Waals surface area contributed by atoms with Crippen molar-refractivity contribution in [1.82, 2.24) is 14.4 Å². The second-order valence-corrected chi connectivity index (χ2v) is 8.96. The number of esters is 1. The second-order valence-electron chi connectivity index (χ2n) is 7.06. The van der Waals surface area contributed by atoms with Crippen LogP contribution < -0.4 is 0 Å². The van der Waals surface area contributed by atoms with Crippen molar-refractivity contribution in [3.8, 4) is 11.6 Å². The monoisotopic (exact) mass is 431 g/mol. The number of benzene rings is 1.